The maximum Gasteiger partial charge on any atom is 0.280 e. The molecule has 1 N–H and O–H groups in total. The molecule has 5 rings (SSSR count). The molecule has 3 aromatic rings. The molecular weight excluding hydrogens is 466 g/mol. The van der Waals surface area contributed by atoms with Crippen LogP contribution in [0.2, 0.25) is 0 Å². The molecule has 1 aromatic carbocycles. The van der Waals surface area contributed by atoms with E-state index in [-0.39, 0.29) is 31.3 Å². The van der Waals surface area contributed by atoms with Gasteiger partial charge in [-0.3, -0.25) is 9.78 Å². The van der Waals surface area contributed by atoms with Crippen LogP contribution in [0.15, 0.2) is 41.5 Å². The Kier molecular flexibility index (Phi) is 5.97. The third-order valence-corrected chi connectivity index (χ3v) is 6.36. The standard InChI is InChI=1S/C26H28F2N6O2/c1-15(2)17-6-7-20-22(12-17)34-14-26(27,28)8-5-9-36-24-19(13-29-33(24)4)21-11-18(10-16(3)30-21)23(35)32-25(34)31-20/h6-7,10-13,15H,5,8-9,14H2,1-4H3,(H,31,32,35). The summed E-state index contributed by atoms with van der Waals surface area (Å²) in [6.45, 7) is 5.34. The predicted octanol–water partition coefficient (Wildman–Crippen LogP) is 5.15. The quantitative estimate of drug-likeness (QED) is 0.504. The number of anilines is 2. The van der Waals surface area contributed by atoms with Gasteiger partial charge in [0.15, 0.2) is 0 Å². The van der Waals surface area contributed by atoms with Crippen LogP contribution in [0.1, 0.15) is 54.2 Å². The lowest BCUT2D eigenvalue weighted by atomic mass is 10.0. The van der Waals surface area contributed by atoms with Crippen LogP contribution in [0.5, 0.6) is 5.88 Å². The zero-order valence-electron chi connectivity index (χ0n) is 20.7. The molecule has 188 valence electrons. The van der Waals surface area contributed by atoms with Crippen LogP contribution >= 0.6 is 0 Å². The van der Waals surface area contributed by atoms with Gasteiger partial charge in [-0.2, -0.15) is 10.1 Å². The second kappa shape index (κ2) is 9.00. The van der Waals surface area contributed by atoms with Crippen LogP contribution in [0.3, 0.4) is 0 Å². The molecule has 0 saturated heterocycles. The minimum Gasteiger partial charge on any atom is -0.477 e. The molecule has 2 bridgehead atoms. The van der Waals surface area contributed by atoms with E-state index in [0.29, 0.717) is 39.8 Å². The van der Waals surface area contributed by atoms with Crippen LogP contribution in [-0.4, -0.2) is 45.7 Å². The van der Waals surface area contributed by atoms with Crippen molar-refractivity contribution in [2.75, 3.05) is 23.4 Å². The number of nitrogens with one attached hydrogen (secondary N) is 1. The van der Waals surface area contributed by atoms with Crippen LogP contribution in [0.4, 0.5) is 20.2 Å². The largest absolute Gasteiger partial charge is 0.477 e. The van der Waals surface area contributed by atoms with Gasteiger partial charge in [-0.25, -0.2) is 13.5 Å². The van der Waals surface area contributed by atoms with Gasteiger partial charge in [0, 0.05) is 24.7 Å². The number of carbonyl (C=O) groups excluding carboxylic acids is 1. The summed E-state index contributed by atoms with van der Waals surface area (Å²) in [6.07, 6.45) is 1.34. The first-order valence-corrected chi connectivity index (χ1v) is 11.9. The maximum atomic E-state index is 15.2. The lowest BCUT2D eigenvalue weighted by Crippen LogP contribution is -2.41. The van der Waals surface area contributed by atoms with Gasteiger partial charge in [-0.1, -0.05) is 19.9 Å². The summed E-state index contributed by atoms with van der Waals surface area (Å²) in [5.74, 6) is -2.90. The van der Waals surface area contributed by atoms with Crippen molar-refractivity contribution in [3.05, 3.63) is 53.3 Å². The van der Waals surface area contributed by atoms with E-state index >= 15 is 8.78 Å². The average molecular weight is 495 g/mol. The molecule has 0 fully saturated rings. The van der Waals surface area contributed by atoms with Gasteiger partial charge in [0.05, 0.1) is 42.0 Å². The molecule has 0 radical (unpaired) electrons. The molecular formula is C26H28F2N6O2. The summed E-state index contributed by atoms with van der Waals surface area (Å²) < 4.78 is 37.8. The number of guanidine groups is 1. The van der Waals surface area contributed by atoms with E-state index in [4.69, 9.17) is 4.74 Å². The fraction of sp³-hybridized carbons (Fsp3) is 0.385. The molecule has 0 saturated carbocycles. The maximum absolute atomic E-state index is 15.2. The zero-order valence-corrected chi connectivity index (χ0v) is 20.7. The summed E-state index contributed by atoms with van der Waals surface area (Å²) in [5.41, 5.74) is 4.22. The van der Waals surface area contributed by atoms with E-state index in [2.05, 4.69) is 20.4 Å². The van der Waals surface area contributed by atoms with Gasteiger partial charge < -0.3 is 15.0 Å². The predicted molar refractivity (Wildman–Crippen MR) is 134 cm³/mol. The van der Waals surface area contributed by atoms with E-state index < -0.39 is 18.4 Å². The number of aryl methyl sites for hydroxylation is 2. The van der Waals surface area contributed by atoms with Gasteiger partial charge in [-0.15, -0.1) is 0 Å². The topological polar surface area (TPSA) is 84.6 Å². The normalized spacial score (nSPS) is 18.7. The zero-order chi connectivity index (χ0) is 25.6. The lowest BCUT2D eigenvalue weighted by Gasteiger charge is -2.25. The number of alkyl halides is 2. The molecule has 2 aliphatic heterocycles. The molecule has 0 unspecified atom stereocenters. The van der Waals surface area contributed by atoms with Crippen LogP contribution in [0, 0.1) is 6.92 Å². The number of pyridine rings is 1. The van der Waals surface area contributed by atoms with E-state index in [1.807, 2.05) is 32.0 Å². The SMILES string of the molecule is Cc1cc2cc(n1)-c1cnn(C)c1OCCCC(F)(F)CN1/C(=N/C2=O)Nc2ccc(C(C)C)cc21. The van der Waals surface area contributed by atoms with E-state index in [0.717, 1.165) is 5.56 Å². The minimum atomic E-state index is -3.05. The smallest absolute Gasteiger partial charge is 0.280 e. The molecule has 1 amide bonds. The van der Waals surface area contributed by atoms with Crippen molar-refractivity contribution in [2.45, 2.75) is 45.5 Å². The number of halogens is 2. The van der Waals surface area contributed by atoms with Gasteiger partial charge in [0.25, 0.3) is 11.8 Å². The molecule has 8 nitrogen and oxygen atoms in total. The molecule has 0 aliphatic carbocycles. The summed E-state index contributed by atoms with van der Waals surface area (Å²) in [7, 11) is 1.71. The third-order valence-electron chi connectivity index (χ3n) is 6.36. The molecule has 2 aromatic heterocycles. The first-order chi connectivity index (χ1) is 17.1. The minimum absolute atomic E-state index is 0.0831. The lowest BCUT2D eigenvalue weighted by molar-refractivity contribution is -0.00220. The van der Waals surface area contributed by atoms with E-state index in [1.165, 1.54) is 9.58 Å². The number of aromatic nitrogens is 3. The van der Waals surface area contributed by atoms with E-state index in [1.54, 1.807) is 32.3 Å². The van der Waals surface area contributed by atoms with Crippen molar-refractivity contribution in [3.8, 4) is 17.1 Å². The summed E-state index contributed by atoms with van der Waals surface area (Å²) in [6, 6.07) is 8.92. The number of benzene rings is 1. The van der Waals surface area contributed by atoms with Crippen molar-refractivity contribution in [3.63, 3.8) is 0 Å². The van der Waals surface area contributed by atoms with Gasteiger partial charge in [-0.05, 0) is 49.1 Å². The second-order valence-electron chi connectivity index (χ2n) is 9.56. The Balaban J connectivity index is 1.62. The Morgan fingerprint density at radius 3 is 2.78 bits per heavy atom. The fourth-order valence-electron chi connectivity index (χ4n) is 4.46. The Morgan fingerprint density at radius 2 is 2.00 bits per heavy atom. The number of amides is 1. The van der Waals surface area contributed by atoms with Crippen molar-refractivity contribution in [1.29, 1.82) is 0 Å². The highest BCUT2D eigenvalue weighted by molar-refractivity contribution is 6.19. The van der Waals surface area contributed by atoms with Crippen molar-refractivity contribution >= 4 is 23.2 Å². The first-order valence-electron chi connectivity index (χ1n) is 11.9. The number of ether oxygens (including phenoxy) is 1. The van der Waals surface area contributed by atoms with Crippen LogP contribution in [-0.2, 0) is 7.05 Å². The Labute approximate surface area is 208 Å². The Hall–Kier alpha value is -3.82. The fourth-order valence-corrected chi connectivity index (χ4v) is 4.46. The van der Waals surface area contributed by atoms with Gasteiger partial charge >= 0.3 is 0 Å². The Morgan fingerprint density at radius 1 is 1.19 bits per heavy atom. The number of hydrogen-bond acceptors (Lipinski definition) is 6. The first kappa shape index (κ1) is 23.9. The number of carbonyl (C=O) groups is 1. The molecule has 36 heavy (non-hydrogen) atoms. The number of aliphatic imine (C=N–C) groups is 1. The monoisotopic (exact) mass is 494 g/mol. The summed E-state index contributed by atoms with van der Waals surface area (Å²) in [4.78, 5) is 23.5. The number of hydrogen-bond donors (Lipinski definition) is 1. The highest BCUT2D eigenvalue weighted by atomic mass is 19.3. The molecule has 10 heteroatoms. The average Bonchev–Trinajstić information content (AvgIpc) is 3.35. The molecule has 4 heterocycles. The third kappa shape index (κ3) is 4.55. The molecule has 0 atom stereocenters. The molecule has 2 aliphatic rings. The van der Waals surface area contributed by atoms with Crippen molar-refractivity contribution < 1.29 is 18.3 Å². The van der Waals surface area contributed by atoms with Crippen LogP contribution in [0.25, 0.3) is 11.3 Å². The van der Waals surface area contributed by atoms with Crippen molar-refractivity contribution in [2.24, 2.45) is 12.0 Å². The van der Waals surface area contributed by atoms with E-state index in [9.17, 15) is 4.79 Å². The summed E-state index contributed by atoms with van der Waals surface area (Å²) in [5, 5.41) is 7.31. The van der Waals surface area contributed by atoms with Crippen LogP contribution < -0.4 is 15.0 Å². The highest BCUT2D eigenvalue weighted by Gasteiger charge is 2.37. The number of rotatable bonds is 1. The summed E-state index contributed by atoms with van der Waals surface area (Å²) >= 11 is 0. The number of fused-ring (bicyclic) bond motifs is 7. The second-order valence-corrected chi connectivity index (χ2v) is 9.56. The number of nitrogens with zero attached hydrogens (tertiary/aromatic N) is 5. The molecule has 0 spiro atoms. The highest BCUT2D eigenvalue weighted by Crippen LogP contribution is 2.38. The van der Waals surface area contributed by atoms with Crippen molar-refractivity contribution in [1.82, 2.24) is 14.8 Å². The van der Waals surface area contributed by atoms with Gasteiger partial charge in [0.1, 0.15) is 0 Å². The van der Waals surface area contributed by atoms with Gasteiger partial charge in [0.2, 0.25) is 11.8 Å². The Bertz CT molecular complexity index is 1360.